The fourth-order valence-electron chi connectivity index (χ4n) is 3.27. The first-order valence-corrected chi connectivity index (χ1v) is 8.29. The van der Waals surface area contributed by atoms with Crippen LogP contribution < -0.4 is 11.1 Å². The van der Waals surface area contributed by atoms with E-state index < -0.39 is 18.8 Å². The molecule has 2 saturated heterocycles. The highest BCUT2D eigenvalue weighted by Crippen LogP contribution is 2.24. The number of likely N-dealkylation sites (tertiary alicyclic amines) is 1. The molecule has 2 aliphatic heterocycles. The van der Waals surface area contributed by atoms with Crippen LogP contribution in [0.4, 0.5) is 13.2 Å². The van der Waals surface area contributed by atoms with Crippen molar-refractivity contribution in [2.75, 3.05) is 32.7 Å². The molecule has 2 rings (SSSR count). The monoisotopic (exact) mass is 337 g/mol. The minimum absolute atomic E-state index is 0.0243. The van der Waals surface area contributed by atoms with Crippen molar-refractivity contribution in [2.24, 2.45) is 11.7 Å². The Labute approximate surface area is 134 Å². The van der Waals surface area contributed by atoms with E-state index >= 15 is 0 Å². The molecular weight excluding hydrogens is 311 g/mol. The van der Waals surface area contributed by atoms with Gasteiger partial charge in [-0.3, -0.25) is 9.69 Å². The van der Waals surface area contributed by atoms with Gasteiger partial charge in [0.25, 0.3) is 0 Å². The molecule has 3 N–H and O–H groups in total. The Bertz CT molecular complexity index is 385. The summed E-state index contributed by atoms with van der Waals surface area (Å²) < 4.78 is 42.5. The van der Waals surface area contributed by atoms with Crippen molar-refractivity contribution < 1.29 is 22.7 Å². The van der Waals surface area contributed by atoms with Crippen LogP contribution in [0.2, 0.25) is 0 Å². The zero-order valence-electron chi connectivity index (χ0n) is 13.3. The van der Waals surface area contributed by atoms with Gasteiger partial charge in [0.05, 0.1) is 12.6 Å². The molecule has 2 heterocycles. The number of hydrogen-bond donors (Lipinski definition) is 2. The summed E-state index contributed by atoms with van der Waals surface area (Å²) in [4.78, 5) is 13.4. The summed E-state index contributed by atoms with van der Waals surface area (Å²) in [5, 5.41) is 2.87. The van der Waals surface area contributed by atoms with Gasteiger partial charge in [-0.05, 0) is 51.1 Å². The largest absolute Gasteiger partial charge is 0.401 e. The summed E-state index contributed by atoms with van der Waals surface area (Å²) in [6.45, 7) is 1.11. The lowest BCUT2D eigenvalue weighted by atomic mass is 9.93. The van der Waals surface area contributed by atoms with Crippen LogP contribution >= 0.6 is 0 Å². The Morgan fingerprint density at radius 2 is 1.91 bits per heavy atom. The van der Waals surface area contributed by atoms with Gasteiger partial charge in [-0.25, -0.2) is 0 Å². The van der Waals surface area contributed by atoms with Crippen LogP contribution in [0, 0.1) is 5.92 Å². The summed E-state index contributed by atoms with van der Waals surface area (Å²) in [5.41, 5.74) is 5.51. The van der Waals surface area contributed by atoms with Gasteiger partial charge in [-0.1, -0.05) is 0 Å². The average Bonchev–Trinajstić information content (AvgIpc) is 2.96. The molecule has 0 bridgehead atoms. The third-order valence-electron chi connectivity index (χ3n) is 4.62. The number of ether oxygens (including phenoxy) is 1. The molecule has 23 heavy (non-hydrogen) atoms. The Kier molecular flexibility index (Phi) is 6.67. The lowest BCUT2D eigenvalue weighted by Crippen LogP contribution is -2.41. The first-order valence-electron chi connectivity index (χ1n) is 8.29. The van der Waals surface area contributed by atoms with Gasteiger partial charge < -0.3 is 15.8 Å². The van der Waals surface area contributed by atoms with Crippen molar-refractivity contribution in [1.82, 2.24) is 10.2 Å². The second kappa shape index (κ2) is 8.30. The number of piperidine rings is 1. The van der Waals surface area contributed by atoms with E-state index in [2.05, 4.69) is 5.32 Å². The van der Waals surface area contributed by atoms with Crippen molar-refractivity contribution >= 4 is 5.91 Å². The predicted molar refractivity (Wildman–Crippen MR) is 79.8 cm³/mol. The standard InChI is InChI=1S/C15H26F3N3O2/c16-15(17,18)10-21-7-4-11(5-8-21)3-6-20-14(22)13-2-1-12(9-19)23-13/h11-13H,1-10,19H2,(H,20,22)/t12-,13+/m1/s1. The molecule has 0 unspecified atom stereocenters. The first-order chi connectivity index (χ1) is 10.9. The van der Waals surface area contributed by atoms with E-state index in [0.29, 0.717) is 38.5 Å². The number of carbonyl (C=O) groups is 1. The SMILES string of the molecule is NC[C@H]1CC[C@@H](C(=O)NCCC2CCN(CC(F)(F)F)CC2)O1. The summed E-state index contributed by atoms with van der Waals surface area (Å²) in [5.74, 6) is 0.275. The molecule has 0 aromatic heterocycles. The molecular formula is C15H26F3N3O2. The van der Waals surface area contributed by atoms with E-state index in [1.165, 1.54) is 4.90 Å². The molecule has 2 fully saturated rings. The van der Waals surface area contributed by atoms with Gasteiger partial charge >= 0.3 is 6.18 Å². The van der Waals surface area contributed by atoms with Crippen molar-refractivity contribution in [1.29, 1.82) is 0 Å². The number of nitrogens with two attached hydrogens (primary N) is 1. The predicted octanol–water partition coefficient (Wildman–Crippen LogP) is 1.27. The van der Waals surface area contributed by atoms with Gasteiger partial charge in [0, 0.05) is 13.1 Å². The smallest absolute Gasteiger partial charge is 0.364 e. The van der Waals surface area contributed by atoms with Gasteiger partial charge in [-0.15, -0.1) is 0 Å². The van der Waals surface area contributed by atoms with E-state index in [1.807, 2.05) is 0 Å². The van der Waals surface area contributed by atoms with Crippen LogP contribution in [-0.2, 0) is 9.53 Å². The molecule has 8 heteroatoms. The second-order valence-electron chi connectivity index (χ2n) is 6.47. The topological polar surface area (TPSA) is 67.6 Å². The fraction of sp³-hybridized carbons (Fsp3) is 0.933. The Hall–Kier alpha value is -0.860. The molecule has 2 atom stereocenters. The third kappa shape index (κ3) is 6.27. The number of nitrogens with zero attached hydrogens (tertiary/aromatic N) is 1. The lowest BCUT2D eigenvalue weighted by Gasteiger charge is -2.32. The van der Waals surface area contributed by atoms with Crippen molar-refractivity contribution in [3.8, 4) is 0 Å². The summed E-state index contributed by atoms with van der Waals surface area (Å²) in [6.07, 6.45) is -0.735. The molecule has 0 spiro atoms. The lowest BCUT2D eigenvalue weighted by molar-refractivity contribution is -0.148. The molecule has 0 aromatic rings. The maximum absolute atomic E-state index is 12.3. The van der Waals surface area contributed by atoms with E-state index in [4.69, 9.17) is 10.5 Å². The third-order valence-corrected chi connectivity index (χ3v) is 4.62. The second-order valence-corrected chi connectivity index (χ2v) is 6.47. The van der Waals surface area contributed by atoms with Crippen LogP contribution in [-0.4, -0.2) is 61.9 Å². The molecule has 5 nitrogen and oxygen atoms in total. The van der Waals surface area contributed by atoms with Crippen molar-refractivity contribution in [2.45, 2.75) is 50.5 Å². The quantitative estimate of drug-likeness (QED) is 0.766. The Morgan fingerprint density at radius 1 is 1.22 bits per heavy atom. The maximum Gasteiger partial charge on any atom is 0.401 e. The maximum atomic E-state index is 12.3. The molecule has 134 valence electrons. The van der Waals surface area contributed by atoms with Crippen molar-refractivity contribution in [3.63, 3.8) is 0 Å². The van der Waals surface area contributed by atoms with E-state index in [1.54, 1.807) is 0 Å². The number of carbonyl (C=O) groups excluding carboxylic acids is 1. The van der Waals surface area contributed by atoms with E-state index in [0.717, 1.165) is 25.7 Å². The molecule has 0 radical (unpaired) electrons. The van der Waals surface area contributed by atoms with Gasteiger partial charge in [0.1, 0.15) is 6.10 Å². The summed E-state index contributed by atoms with van der Waals surface area (Å²) in [7, 11) is 0. The van der Waals surface area contributed by atoms with E-state index in [-0.39, 0.29) is 12.0 Å². The highest BCUT2D eigenvalue weighted by molar-refractivity contribution is 5.80. The number of halogens is 3. The first kappa shape index (κ1) is 18.5. The molecule has 0 aliphatic carbocycles. The Balaban J connectivity index is 1.58. The molecule has 0 aromatic carbocycles. The number of hydrogen-bond acceptors (Lipinski definition) is 4. The summed E-state index contributed by atoms with van der Waals surface area (Å²) in [6, 6.07) is 0. The molecule has 1 amide bonds. The van der Waals surface area contributed by atoms with Crippen LogP contribution in [0.3, 0.4) is 0 Å². The zero-order valence-corrected chi connectivity index (χ0v) is 13.3. The highest BCUT2D eigenvalue weighted by Gasteiger charge is 2.33. The summed E-state index contributed by atoms with van der Waals surface area (Å²) >= 11 is 0. The number of nitrogens with one attached hydrogen (secondary N) is 1. The van der Waals surface area contributed by atoms with Crippen LogP contribution in [0.1, 0.15) is 32.1 Å². The molecule has 2 aliphatic rings. The van der Waals surface area contributed by atoms with Crippen LogP contribution in [0.25, 0.3) is 0 Å². The fourth-order valence-corrected chi connectivity index (χ4v) is 3.27. The molecule has 0 saturated carbocycles. The zero-order chi connectivity index (χ0) is 16.9. The number of alkyl halides is 3. The Morgan fingerprint density at radius 3 is 2.48 bits per heavy atom. The van der Waals surface area contributed by atoms with Crippen LogP contribution in [0.5, 0.6) is 0 Å². The van der Waals surface area contributed by atoms with Crippen molar-refractivity contribution in [3.05, 3.63) is 0 Å². The highest BCUT2D eigenvalue weighted by atomic mass is 19.4. The minimum Gasteiger partial charge on any atom is -0.364 e. The van der Waals surface area contributed by atoms with Crippen LogP contribution in [0.15, 0.2) is 0 Å². The minimum atomic E-state index is -4.12. The normalized spacial score (nSPS) is 27.3. The van der Waals surface area contributed by atoms with Gasteiger partial charge in [-0.2, -0.15) is 13.2 Å². The number of rotatable bonds is 6. The number of amides is 1. The van der Waals surface area contributed by atoms with Gasteiger partial charge in [0.2, 0.25) is 5.91 Å². The van der Waals surface area contributed by atoms with E-state index in [9.17, 15) is 18.0 Å². The van der Waals surface area contributed by atoms with Gasteiger partial charge in [0.15, 0.2) is 0 Å². The average molecular weight is 337 g/mol.